The molecular weight excluding hydrogens is 326 g/mol. The van der Waals surface area contributed by atoms with E-state index in [4.69, 9.17) is 0 Å². The number of benzene rings is 1. The highest BCUT2D eigenvalue weighted by atomic mass is 14.9. The van der Waals surface area contributed by atoms with Crippen molar-refractivity contribution >= 4 is 0 Å². The number of hydrogen-bond acceptors (Lipinski definition) is 1. The van der Waals surface area contributed by atoms with Crippen LogP contribution in [0.25, 0.3) is 0 Å². The topological polar surface area (TPSA) is 12.0 Å². The highest BCUT2D eigenvalue weighted by molar-refractivity contribution is 5.28. The van der Waals surface area contributed by atoms with Crippen LogP contribution in [0, 0.1) is 17.8 Å². The molecule has 1 heteroatoms. The van der Waals surface area contributed by atoms with E-state index in [0.717, 1.165) is 24.3 Å². The molecule has 0 aromatic heterocycles. The zero-order valence-electron chi connectivity index (χ0n) is 17.4. The van der Waals surface area contributed by atoms with Gasteiger partial charge in [-0.3, -0.25) is 0 Å². The molecule has 2 aliphatic rings. The van der Waals surface area contributed by atoms with Gasteiger partial charge in [-0.25, -0.2) is 0 Å². The minimum absolute atomic E-state index is 0.817. The summed E-state index contributed by atoms with van der Waals surface area (Å²) >= 11 is 0. The van der Waals surface area contributed by atoms with Crippen LogP contribution in [0.5, 0.6) is 0 Å². The van der Waals surface area contributed by atoms with Crippen LogP contribution < -0.4 is 5.32 Å². The summed E-state index contributed by atoms with van der Waals surface area (Å²) in [4.78, 5) is 0. The van der Waals surface area contributed by atoms with Crippen molar-refractivity contribution in [3.8, 4) is 0 Å². The maximum Gasteiger partial charge on any atom is 0.0296 e. The average molecular weight is 366 g/mol. The fourth-order valence-electron chi connectivity index (χ4n) is 4.37. The van der Waals surface area contributed by atoms with Gasteiger partial charge >= 0.3 is 0 Å². The molecular formula is C26H39N. The van der Waals surface area contributed by atoms with E-state index in [-0.39, 0.29) is 0 Å². The molecule has 0 spiro atoms. The van der Waals surface area contributed by atoms with Crippen LogP contribution in [-0.4, -0.2) is 6.54 Å². The largest absolute Gasteiger partial charge is 0.385 e. The van der Waals surface area contributed by atoms with Crippen LogP contribution in [0.2, 0.25) is 0 Å². The lowest BCUT2D eigenvalue weighted by Gasteiger charge is -2.25. The summed E-state index contributed by atoms with van der Waals surface area (Å²) in [6.07, 6.45) is 17.2. The highest BCUT2D eigenvalue weighted by Crippen LogP contribution is 2.35. The highest BCUT2D eigenvalue weighted by Gasteiger charge is 2.22. The second-order valence-electron chi connectivity index (χ2n) is 8.90. The van der Waals surface area contributed by atoms with Gasteiger partial charge in [-0.1, -0.05) is 75.6 Å². The zero-order chi connectivity index (χ0) is 18.9. The van der Waals surface area contributed by atoms with Gasteiger partial charge in [-0.15, -0.1) is 0 Å². The molecule has 0 bridgehead atoms. The number of nitrogens with one attached hydrogen (secondary N) is 1. The molecule has 3 rings (SSSR count). The van der Waals surface area contributed by atoms with Crippen LogP contribution in [0.15, 0.2) is 54.3 Å². The summed E-state index contributed by atoms with van der Waals surface area (Å²) in [6, 6.07) is 10.9. The van der Waals surface area contributed by atoms with Crippen LogP contribution in [-0.2, 0) is 6.42 Å². The van der Waals surface area contributed by atoms with Gasteiger partial charge in [-0.05, 0) is 73.8 Å². The first-order valence-electron chi connectivity index (χ1n) is 11.4. The van der Waals surface area contributed by atoms with E-state index in [1.165, 1.54) is 87.5 Å². The van der Waals surface area contributed by atoms with E-state index < -0.39 is 0 Å². The minimum atomic E-state index is 0.817. The second-order valence-corrected chi connectivity index (χ2v) is 8.90. The molecule has 1 aromatic rings. The Morgan fingerprint density at radius 3 is 2.59 bits per heavy atom. The molecule has 1 nitrogen and oxygen atoms in total. The molecule has 148 valence electrons. The lowest BCUT2D eigenvalue weighted by atomic mass is 9.85. The van der Waals surface area contributed by atoms with Crippen molar-refractivity contribution in [3.63, 3.8) is 0 Å². The standard InChI is InChI=1S/C26H39N/c1-3-22(12-13-25-14-15-25)20-27-21(2)26-18-16-24(17-19-26)11-7-10-23-8-5-4-6-9-23/h4-6,8-9,18,22,24-25,27H,2-3,7,10-17,19-20H2,1H3. The molecule has 1 fully saturated rings. The van der Waals surface area contributed by atoms with E-state index in [1.807, 2.05) is 0 Å². The van der Waals surface area contributed by atoms with Crippen molar-refractivity contribution in [1.29, 1.82) is 0 Å². The van der Waals surface area contributed by atoms with Crippen LogP contribution in [0.4, 0.5) is 0 Å². The van der Waals surface area contributed by atoms with Crippen molar-refractivity contribution in [2.24, 2.45) is 17.8 Å². The van der Waals surface area contributed by atoms with Crippen molar-refractivity contribution < 1.29 is 0 Å². The van der Waals surface area contributed by atoms with Crippen LogP contribution in [0.3, 0.4) is 0 Å². The molecule has 0 radical (unpaired) electrons. The van der Waals surface area contributed by atoms with E-state index in [0.29, 0.717) is 0 Å². The first-order chi connectivity index (χ1) is 13.2. The quantitative estimate of drug-likeness (QED) is 0.418. The molecule has 0 heterocycles. The minimum Gasteiger partial charge on any atom is -0.385 e. The number of rotatable bonds is 12. The Morgan fingerprint density at radius 1 is 1.11 bits per heavy atom. The molecule has 0 saturated heterocycles. The molecule has 1 N–H and O–H groups in total. The molecule has 27 heavy (non-hydrogen) atoms. The first kappa shape index (κ1) is 20.2. The van der Waals surface area contributed by atoms with E-state index >= 15 is 0 Å². The second kappa shape index (κ2) is 10.7. The van der Waals surface area contributed by atoms with Gasteiger partial charge in [0.1, 0.15) is 0 Å². The van der Waals surface area contributed by atoms with Crippen molar-refractivity contribution in [1.82, 2.24) is 5.32 Å². The van der Waals surface area contributed by atoms with E-state index in [1.54, 1.807) is 0 Å². The predicted molar refractivity (Wildman–Crippen MR) is 118 cm³/mol. The van der Waals surface area contributed by atoms with Gasteiger partial charge in [0.15, 0.2) is 0 Å². The fraction of sp³-hybridized carbons (Fsp3) is 0.615. The van der Waals surface area contributed by atoms with Gasteiger partial charge in [0.25, 0.3) is 0 Å². The van der Waals surface area contributed by atoms with Gasteiger partial charge in [-0.2, -0.15) is 0 Å². The summed E-state index contributed by atoms with van der Waals surface area (Å²) < 4.78 is 0. The molecule has 2 unspecified atom stereocenters. The Hall–Kier alpha value is -1.50. The van der Waals surface area contributed by atoms with Gasteiger partial charge < -0.3 is 5.32 Å². The summed E-state index contributed by atoms with van der Waals surface area (Å²) in [6.45, 7) is 7.79. The summed E-state index contributed by atoms with van der Waals surface area (Å²) in [5.74, 6) is 2.74. The summed E-state index contributed by atoms with van der Waals surface area (Å²) in [7, 11) is 0. The third-order valence-electron chi connectivity index (χ3n) is 6.69. The monoisotopic (exact) mass is 365 g/mol. The Morgan fingerprint density at radius 2 is 1.93 bits per heavy atom. The molecule has 1 saturated carbocycles. The van der Waals surface area contributed by atoms with Crippen molar-refractivity contribution in [2.45, 2.75) is 77.6 Å². The predicted octanol–water partition coefficient (Wildman–Crippen LogP) is 7.06. The van der Waals surface area contributed by atoms with Crippen LogP contribution in [0.1, 0.15) is 76.7 Å². The Kier molecular flexibility index (Phi) is 8.05. The summed E-state index contributed by atoms with van der Waals surface area (Å²) in [5, 5.41) is 3.66. The summed E-state index contributed by atoms with van der Waals surface area (Å²) in [5.41, 5.74) is 4.16. The first-order valence-corrected chi connectivity index (χ1v) is 11.4. The molecule has 2 aliphatic carbocycles. The lowest BCUT2D eigenvalue weighted by molar-refractivity contribution is 0.414. The Labute approximate surface area is 167 Å². The third-order valence-corrected chi connectivity index (χ3v) is 6.69. The number of hydrogen-bond donors (Lipinski definition) is 1. The maximum absolute atomic E-state index is 4.34. The normalized spacial score (nSPS) is 20.8. The lowest BCUT2D eigenvalue weighted by Crippen LogP contribution is -2.23. The SMILES string of the molecule is C=C(NCC(CC)CCC1CC1)C1=CCC(CCCc2ccccc2)CC1. The van der Waals surface area contributed by atoms with E-state index in [9.17, 15) is 0 Å². The number of allylic oxidation sites excluding steroid dienone is 2. The van der Waals surface area contributed by atoms with Gasteiger partial charge in [0.05, 0.1) is 0 Å². The van der Waals surface area contributed by atoms with E-state index in [2.05, 4.69) is 55.2 Å². The smallest absolute Gasteiger partial charge is 0.0296 e. The molecule has 0 amide bonds. The fourth-order valence-corrected chi connectivity index (χ4v) is 4.37. The maximum atomic E-state index is 4.34. The van der Waals surface area contributed by atoms with Crippen LogP contribution >= 0.6 is 0 Å². The van der Waals surface area contributed by atoms with Crippen molar-refractivity contribution in [2.75, 3.05) is 6.54 Å². The molecule has 1 aromatic carbocycles. The third kappa shape index (κ3) is 7.20. The Bertz CT molecular complexity index is 596. The zero-order valence-corrected chi connectivity index (χ0v) is 17.4. The number of aryl methyl sites for hydroxylation is 1. The Balaban J connectivity index is 1.32. The molecule has 0 aliphatic heterocycles. The average Bonchev–Trinajstić information content (AvgIpc) is 3.54. The van der Waals surface area contributed by atoms with Gasteiger partial charge in [0.2, 0.25) is 0 Å². The van der Waals surface area contributed by atoms with Gasteiger partial charge in [0, 0.05) is 12.2 Å². The van der Waals surface area contributed by atoms with Crippen molar-refractivity contribution in [3.05, 3.63) is 59.8 Å². The molecule has 2 atom stereocenters.